The van der Waals surface area contributed by atoms with E-state index in [2.05, 4.69) is 18.0 Å². The number of ether oxygens (including phenoxy) is 1. The summed E-state index contributed by atoms with van der Waals surface area (Å²) in [6.45, 7) is 3.80. The fourth-order valence-electron chi connectivity index (χ4n) is 3.59. The smallest absolute Gasteiger partial charge is 0.139 e. The van der Waals surface area contributed by atoms with E-state index in [-0.39, 0.29) is 0 Å². The van der Waals surface area contributed by atoms with Gasteiger partial charge in [0.15, 0.2) is 0 Å². The quantitative estimate of drug-likeness (QED) is 0.532. The third-order valence-electron chi connectivity index (χ3n) is 5.23. The summed E-state index contributed by atoms with van der Waals surface area (Å²) in [7, 11) is 1.67. The van der Waals surface area contributed by atoms with Crippen LogP contribution in [-0.4, -0.2) is 26.8 Å². The number of rotatable bonds is 5. The lowest BCUT2D eigenvalue weighted by Gasteiger charge is -2.14. The minimum absolute atomic E-state index is 0.577. The van der Waals surface area contributed by atoms with Crippen molar-refractivity contribution in [3.05, 3.63) is 71.5 Å². The van der Waals surface area contributed by atoms with Gasteiger partial charge in [0.05, 0.1) is 41.6 Å². The molecule has 0 amide bonds. The molecule has 0 saturated carbocycles. The van der Waals surface area contributed by atoms with E-state index in [1.807, 2.05) is 41.0 Å². The van der Waals surface area contributed by atoms with Crippen molar-refractivity contribution < 1.29 is 9.84 Å². The van der Waals surface area contributed by atoms with Crippen LogP contribution in [0.15, 0.2) is 54.9 Å². The Kier molecular flexibility index (Phi) is 5.21. The molecular formula is C24H22N4O2. The molecule has 1 atom stereocenters. The van der Waals surface area contributed by atoms with E-state index >= 15 is 0 Å². The molecular weight excluding hydrogens is 376 g/mol. The molecule has 2 aromatic heterocycles. The number of hydrogen-bond acceptors (Lipinski definition) is 5. The molecule has 30 heavy (non-hydrogen) atoms. The molecule has 4 rings (SSSR count). The van der Waals surface area contributed by atoms with Crippen molar-refractivity contribution in [3.8, 4) is 28.9 Å². The number of aliphatic hydroxyl groups excluding tert-OH is 1. The zero-order chi connectivity index (χ0) is 21.3. The second-order valence-corrected chi connectivity index (χ2v) is 7.09. The van der Waals surface area contributed by atoms with Crippen molar-refractivity contribution >= 4 is 11.0 Å². The highest BCUT2D eigenvalue weighted by Crippen LogP contribution is 2.31. The lowest BCUT2D eigenvalue weighted by Crippen LogP contribution is -2.03. The number of aryl methyl sites for hydroxylation is 1. The molecule has 4 aromatic rings. The molecule has 0 aliphatic heterocycles. The molecule has 2 aromatic carbocycles. The summed E-state index contributed by atoms with van der Waals surface area (Å²) >= 11 is 0. The molecule has 0 saturated heterocycles. The molecule has 0 aliphatic rings. The highest BCUT2D eigenvalue weighted by molar-refractivity contribution is 5.80. The molecule has 6 heteroatoms. The van der Waals surface area contributed by atoms with Crippen LogP contribution in [0, 0.1) is 11.3 Å². The van der Waals surface area contributed by atoms with E-state index in [1.165, 1.54) is 0 Å². The number of hydrogen-bond donors (Lipinski definition) is 1. The maximum atomic E-state index is 10.3. The maximum Gasteiger partial charge on any atom is 0.139 e. The summed E-state index contributed by atoms with van der Waals surface area (Å²) < 4.78 is 7.46. The third kappa shape index (κ3) is 3.40. The van der Waals surface area contributed by atoms with Crippen molar-refractivity contribution in [2.75, 3.05) is 7.11 Å². The predicted octanol–water partition coefficient (Wildman–Crippen LogP) is 4.58. The predicted molar refractivity (Wildman–Crippen MR) is 116 cm³/mol. The summed E-state index contributed by atoms with van der Waals surface area (Å²) in [6.07, 6.45) is 1.93. The lowest BCUT2D eigenvalue weighted by molar-refractivity contribution is 0.199. The van der Waals surface area contributed by atoms with Crippen LogP contribution in [0.5, 0.6) is 5.75 Å². The van der Waals surface area contributed by atoms with Crippen LogP contribution in [0.25, 0.3) is 28.1 Å². The van der Waals surface area contributed by atoms with Gasteiger partial charge >= 0.3 is 0 Å². The number of aromatic nitrogens is 3. The molecule has 0 spiro atoms. The van der Waals surface area contributed by atoms with E-state index in [4.69, 9.17) is 15.0 Å². The van der Waals surface area contributed by atoms with Gasteiger partial charge in [0.25, 0.3) is 0 Å². The van der Waals surface area contributed by atoms with Gasteiger partial charge in [0.2, 0.25) is 0 Å². The first-order chi connectivity index (χ1) is 14.5. The highest BCUT2D eigenvalue weighted by Gasteiger charge is 2.16. The number of imidazole rings is 1. The number of nitrogens with zero attached hydrogens (tertiary/aromatic N) is 4. The number of nitriles is 1. The van der Waals surface area contributed by atoms with Crippen LogP contribution in [0.2, 0.25) is 0 Å². The number of aliphatic hydroxyl groups is 1. The molecule has 0 radical (unpaired) electrons. The number of pyridine rings is 1. The standard InChI is InChI=1S/C24H22N4O2/c1-4-17-11-20-21(12-22(17)30-3)28(14-26-20)23-10-9-19(15(2)29)24(27-23)18-7-5-16(13-25)6-8-18/h5-12,14-15,29H,4H2,1-3H3. The van der Waals surface area contributed by atoms with Crippen LogP contribution < -0.4 is 4.74 Å². The zero-order valence-electron chi connectivity index (χ0n) is 17.1. The van der Waals surface area contributed by atoms with E-state index in [1.54, 1.807) is 32.5 Å². The summed E-state index contributed by atoms with van der Waals surface area (Å²) in [5, 5.41) is 19.3. The van der Waals surface area contributed by atoms with Crippen molar-refractivity contribution in [1.29, 1.82) is 5.26 Å². The van der Waals surface area contributed by atoms with E-state index < -0.39 is 6.10 Å². The molecule has 2 heterocycles. The first kappa shape index (κ1) is 19.6. The first-order valence-corrected chi connectivity index (χ1v) is 9.79. The summed E-state index contributed by atoms with van der Waals surface area (Å²) in [5.41, 5.74) is 5.67. The second kappa shape index (κ2) is 7.97. The first-order valence-electron chi connectivity index (χ1n) is 9.79. The van der Waals surface area contributed by atoms with Gasteiger partial charge in [-0.2, -0.15) is 5.26 Å². The van der Waals surface area contributed by atoms with Crippen LogP contribution in [0.1, 0.15) is 36.6 Å². The third-order valence-corrected chi connectivity index (χ3v) is 5.23. The molecule has 0 aliphatic carbocycles. The van der Waals surface area contributed by atoms with E-state index in [0.717, 1.165) is 39.9 Å². The average Bonchev–Trinajstić information content (AvgIpc) is 3.20. The highest BCUT2D eigenvalue weighted by atomic mass is 16.5. The van der Waals surface area contributed by atoms with Gasteiger partial charge in [-0.3, -0.25) is 4.57 Å². The van der Waals surface area contributed by atoms with Gasteiger partial charge in [-0.15, -0.1) is 0 Å². The summed E-state index contributed by atoms with van der Waals surface area (Å²) in [6, 6.07) is 17.1. The van der Waals surface area contributed by atoms with E-state index in [9.17, 15) is 5.11 Å². The molecule has 150 valence electrons. The van der Waals surface area contributed by atoms with Crippen LogP contribution in [0.3, 0.4) is 0 Å². The van der Waals surface area contributed by atoms with Gasteiger partial charge in [-0.1, -0.05) is 25.1 Å². The Balaban J connectivity index is 1.89. The molecule has 0 bridgehead atoms. The maximum absolute atomic E-state index is 10.3. The van der Waals surface area contributed by atoms with Crippen molar-refractivity contribution in [2.24, 2.45) is 0 Å². The van der Waals surface area contributed by atoms with Crippen LogP contribution in [-0.2, 0) is 6.42 Å². The van der Waals surface area contributed by atoms with Crippen LogP contribution >= 0.6 is 0 Å². The summed E-state index contributed by atoms with van der Waals surface area (Å²) in [5.74, 6) is 1.51. The van der Waals surface area contributed by atoms with Crippen molar-refractivity contribution in [3.63, 3.8) is 0 Å². The number of fused-ring (bicyclic) bond motifs is 1. The second-order valence-electron chi connectivity index (χ2n) is 7.09. The topological polar surface area (TPSA) is 84.0 Å². The fraction of sp³-hybridized carbons (Fsp3) is 0.208. The zero-order valence-corrected chi connectivity index (χ0v) is 17.1. The van der Waals surface area contributed by atoms with Crippen LogP contribution in [0.4, 0.5) is 0 Å². The van der Waals surface area contributed by atoms with Gasteiger partial charge in [-0.25, -0.2) is 9.97 Å². The number of methoxy groups -OCH3 is 1. The Morgan fingerprint density at radius 2 is 1.93 bits per heavy atom. The Morgan fingerprint density at radius 3 is 2.57 bits per heavy atom. The van der Waals surface area contributed by atoms with Gasteiger partial charge in [0, 0.05) is 17.2 Å². The summed E-state index contributed by atoms with van der Waals surface area (Å²) in [4.78, 5) is 9.39. The minimum Gasteiger partial charge on any atom is -0.496 e. The largest absolute Gasteiger partial charge is 0.496 e. The van der Waals surface area contributed by atoms with Gasteiger partial charge in [-0.05, 0) is 43.2 Å². The molecule has 1 unspecified atom stereocenters. The average molecular weight is 398 g/mol. The number of benzene rings is 2. The Labute approximate surface area is 175 Å². The fourth-order valence-corrected chi connectivity index (χ4v) is 3.59. The normalized spacial score (nSPS) is 12.0. The Morgan fingerprint density at radius 1 is 1.17 bits per heavy atom. The Hall–Kier alpha value is -3.69. The molecule has 6 nitrogen and oxygen atoms in total. The van der Waals surface area contributed by atoms with Gasteiger partial charge in [0.1, 0.15) is 17.9 Å². The minimum atomic E-state index is -0.677. The molecule has 0 fully saturated rings. The molecule has 1 N–H and O–H groups in total. The van der Waals surface area contributed by atoms with E-state index in [0.29, 0.717) is 17.1 Å². The monoisotopic (exact) mass is 398 g/mol. The lowest BCUT2D eigenvalue weighted by atomic mass is 10.0. The SMILES string of the molecule is CCc1cc2ncn(-c3ccc(C(C)O)c(-c4ccc(C#N)cc4)n3)c2cc1OC. The van der Waals surface area contributed by atoms with Crippen molar-refractivity contribution in [1.82, 2.24) is 14.5 Å². The van der Waals surface area contributed by atoms with Crippen molar-refractivity contribution in [2.45, 2.75) is 26.4 Å². The van der Waals surface area contributed by atoms with Gasteiger partial charge < -0.3 is 9.84 Å². The Bertz CT molecular complexity index is 1250.